The fourth-order valence-electron chi connectivity index (χ4n) is 3.32. The largest absolute Gasteiger partial charge is 0.504 e. The highest BCUT2D eigenvalue weighted by molar-refractivity contribution is 5.85. The molecule has 4 nitrogen and oxygen atoms in total. The van der Waals surface area contributed by atoms with Gasteiger partial charge in [0.25, 0.3) is 0 Å². The van der Waals surface area contributed by atoms with E-state index in [1.807, 2.05) is 6.07 Å². The van der Waals surface area contributed by atoms with E-state index in [1.165, 1.54) is 11.1 Å². The third-order valence-corrected chi connectivity index (χ3v) is 4.89. The number of rotatable bonds is 11. The Bertz CT molecular complexity index is 699. The van der Waals surface area contributed by atoms with Crippen LogP contribution < -0.4 is 4.74 Å². The first-order chi connectivity index (χ1) is 13.1. The molecule has 0 aliphatic carbocycles. The minimum Gasteiger partial charge on any atom is -0.504 e. The molecular weight excluding hydrogens is 374 g/mol. The maximum atomic E-state index is 9.65. The van der Waals surface area contributed by atoms with Crippen LogP contribution in [0, 0.1) is 0 Å². The van der Waals surface area contributed by atoms with Crippen molar-refractivity contribution in [2.45, 2.75) is 46.5 Å². The minimum absolute atomic E-state index is 0. The summed E-state index contributed by atoms with van der Waals surface area (Å²) in [5, 5.41) is 19.1. The lowest BCUT2D eigenvalue weighted by Crippen LogP contribution is -2.31. The van der Waals surface area contributed by atoms with Crippen molar-refractivity contribution in [3.8, 4) is 17.2 Å². The van der Waals surface area contributed by atoms with E-state index in [0.717, 1.165) is 56.6 Å². The summed E-state index contributed by atoms with van der Waals surface area (Å²) in [5.41, 5.74) is 3.57. The van der Waals surface area contributed by atoms with Crippen LogP contribution in [0.3, 0.4) is 0 Å². The Hall–Kier alpha value is -1.91. The number of hydrogen-bond donors (Lipinski definition) is 2. The molecule has 0 radical (unpaired) electrons. The normalized spacial score (nSPS) is 10.7. The van der Waals surface area contributed by atoms with Crippen molar-refractivity contribution < 1.29 is 14.9 Å². The van der Waals surface area contributed by atoms with E-state index >= 15 is 0 Å². The molecule has 0 aliphatic rings. The predicted octanol–water partition coefficient (Wildman–Crippen LogP) is 4.98. The lowest BCUT2D eigenvalue weighted by molar-refractivity contribution is 0.208. The number of aromatic hydroxyl groups is 2. The van der Waals surface area contributed by atoms with Crippen LogP contribution in [0.15, 0.2) is 36.4 Å². The molecule has 0 heterocycles. The smallest absolute Gasteiger partial charge is 0.157 e. The molecule has 0 aliphatic heterocycles. The number of nitrogens with zero attached hydrogens (tertiary/aromatic N) is 1. The summed E-state index contributed by atoms with van der Waals surface area (Å²) in [4.78, 5) is 2.39. The Morgan fingerprint density at radius 2 is 1.54 bits per heavy atom. The summed E-state index contributed by atoms with van der Waals surface area (Å²) in [5.74, 6) is 0.933. The monoisotopic (exact) mass is 407 g/mol. The first-order valence-electron chi connectivity index (χ1n) is 10.1. The summed E-state index contributed by atoms with van der Waals surface area (Å²) in [6, 6.07) is 11.5. The maximum Gasteiger partial charge on any atom is 0.157 e. The minimum atomic E-state index is -0.0705. The van der Waals surface area contributed by atoms with Crippen molar-refractivity contribution in [1.82, 2.24) is 4.90 Å². The molecular formula is C23H34ClNO3. The molecule has 0 amide bonds. The van der Waals surface area contributed by atoms with Gasteiger partial charge in [0.05, 0.1) is 0 Å². The zero-order valence-electron chi connectivity index (χ0n) is 17.3. The summed E-state index contributed by atoms with van der Waals surface area (Å²) >= 11 is 0. The van der Waals surface area contributed by atoms with Crippen molar-refractivity contribution in [1.29, 1.82) is 0 Å². The zero-order chi connectivity index (χ0) is 19.6. The predicted molar refractivity (Wildman–Crippen MR) is 118 cm³/mol. The van der Waals surface area contributed by atoms with Gasteiger partial charge in [-0.25, -0.2) is 0 Å². The topological polar surface area (TPSA) is 52.9 Å². The number of benzene rings is 2. The third-order valence-electron chi connectivity index (χ3n) is 4.89. The molecule has 2 aromatic carbocycles. The first-order valence-corrected chi connectivity index (χ1v) is 10.1. The van der Waals surface area contributed by atoms with Gasteiger partial charge in [0, 0.05) is 13.1 Å². The van der Waals surface area contributed by atoms with Gasteiger partial charge in [0.1, 0.15) is 12.4 Å². The Morgan fingerprint density at radius 3 is 2.11 bits per heavy atom. The van der Waals surface area contributed by atoms with Gasteiger partial charge in [-0.05, 0) is 61.1 Å². The van der Waals surface area contributed by atoms with Gasteiger partial charge in [0.2, 0.25) is 0 Å². The molecule has 28 heavy (non-hydrogen) atoms. The number of phenolic OH excluding ortho intramolecular Hbond substituents is 2. The van der Waals surface area contributed by atoms with Crippen molar-refractivity contribution in [3.05, 3.63) is 53.1 Å². The Balaban J connectivity index is 0.00000392. The van der Waals surface area contributed by atoms with Crippen LogP contribution in [0.4, 0.5) is 0 Å². The summed E-state index contributed by atoms with van der Waals surface area (Å²) in [6.45, 7) is 9.98. The molecule has 156 valence electrons. The molecule has 0 unspecified atom stereocenters. The average Bonchev–Trinajstić information content (AvgIpc) is 2.68. The lowest BCUT2D eigenvalue weighted by atomic mass is 10.1. The SMILES string of the molecule is CCCN(CCOc1c(CC)cccc1CC)CCc1ccc(O)c(O)c1.Cl. The fraction of sp³-hybridized carbons (Fsp3) is 0.478. The standard InChI is InChI=1S/C23H33NO3.ClH/c1-4-13-24(14-12-18-10-11-21(25)22(26)17-18)15-16-27-23-19(5-2)8-7-9-20(23)6-3;/h7-11,17,25-26H,4-6,12-16H2,1-3H3;1H. The van der Waals surface area contributed by atoms with Crippen molar-refractivity contribution in [3.63, 3.8) is 0 Å². The Kier molecular flexibility index (Phi) is 10.8. The van der Waals surface area contributed by atoms with Crippen LogP contribution in [0.1, 0.15) is 43.9 Å². The molecule has 2 rings (SSSR count). The molecule has 0 spiro atoms. The van der Waals surface area contributed by atoms with E-state index in [-0.39, 0.29) is 23.9 Å². The molecule has 0 fully saturated rings. The second-order valence-corrected chi connectivity index (χ2v) is 6.88. The number of hydrogen-bond acceptors (Lipinski definition) is 4. The van der Waals surface area contributed by atoms with Crippen LogP contribution in [-0.2, 0) is 19.3 Å². The molecule has 2 N–H and O–H groups in total. The summed E-state index contributed by atoms with van der Waals surface area (Å²) in [6.07, 6.45) is 3.88. The molecule has 2 aromatic rings. The van der Waals surface area contributed by atoms with E-state index in [4.69, 9.17) is 4.74 Å². The van der Waals surface area contributed by atoms with Gasteiger partial charge in [-0.1, -0.05) is 45.0 Å². The van der Waals surface area contributed by atoms with Gasteiger partial charge < -0.3 is 14.9 Å². The van der Waals surface area contributed by atoms with Crippen LogP contribution >= 0.6 is 12.4 Å². The van der Waals surface area contributed by atoms with Gasteiger partial charge in [-0.3, -0.25) is 4.90 Å². The van der Waals surface area contributed by atoms with Crippen LogP contribution in [0.25, 0.3) is 0 Å². The van der Waals surface area contributed by atoms with Gasteiger partial charge in [-0.15, -0.1) is 12.4 Å². The maximum absolute atomic E-state index is 9.65. The molecule has 5 heteroatoms. The van der Waals surface area contributed by atoms with Crippen molar-refractivity contribution in [2.75, 3.05) is 26.2 Å². The quantitative estimate of drug-likeness (QED) is 0.516. The van der Waals surface area contributed by atoms with Crippen LogP contribution in [-0.4, -0.2) is 41.4 Å². The van der Waals surface area contributed by atoms with E-state index in [9.17, 15) is 10.2 Å². The molecule has 0 saturated heterocycles. The van der Waals surface area contributed by atoms with Crippen molar-refractivity contribution >= 4 is 12.4 Å². The number of halogens is 1. The van der Waals surface area contributed by atoms with Gasteiger partial charge >= 0.3 is 0 Å². The highest BCUT2D eigenvalue weighted by Gasteiger charge is 2.10. The second kappa shape index (κ2) is 12.5. The van der Waals surface area contributed by atoms with Crippen molar-refractivity contribution in [2.24, 2.45) is 0 Å². The Labute approximate surface area is 175 Å². The molecule has 0 bridgehead atoms. The van der Waals surface area contributed by atoms with Crippen LogP contribution in [0.5, 0.6) is 17.2 Å². The first kappa shape index (κ1) is 24.1. The Morgan fingerprint density at radius 1 is 0.857 bits per heavy atom. The van der Waals surface area contributed by atoms with Gasteiger partial charge in [-0.2, -0.15) is 0 Å². The van der Waals surface area contributed by atoms with E-state index in [0.29, 0.717) is 6.61 Å². The number of ether oxygens (including phenoxy) is 1. The van der Waals surface area contributed by atoms with E-state index < -0.39 is 0 Å². The highest BCUT2D eigenvalue weighted by atomic mass is 35.5. The van der Waals surface area contributed by atoms with Gasteiger partial charge in [0.15, 0.2) is 11.5 Å². The molecule has 0 atom stereocenters. The number of phenols is 2. The average molecular weight is 408 g/mol. The summed E-state index contributed by atoms with van der Waals surface area (Å²) < 4.78 is 6.20. The highest BCUT2D eigenvalue weighted by Crippen LogP contribution is 2.26. The molecule has 0 aromatic heterocycles. The van der Waals surface area contributed by atoms with Crippen LogP contribution in [0.2, 0.25) is 0 Å². The fourth-order valence-corrected chi connectivity index (χ4v) is 3.32. The number of aryl methyl sites for hydroxylation is 2. The molecule has 0 saturated carbocycles. The third kappa shape index (κ3) is 6.92. The summed E-state index contributed by atoms with van der Waals surface area (Å²) in [7, 11) is 0. The lowest BCUT2D eigenvalue weighted by Gasteiger charge is -2.23. The zero-order valence-corrected chi connectivity index (χ0v) is 18.1. The van der Waals surface area contributed by atoms with E-state index in [2.05, 4.69) is 43.9 Å². The second-order valence-electron chi connectivity index (χ2n) is 6.88. The van der Waals surface area contributed by atoms with E-state index in [1.54, 1.807) is 12.1 Å². The number of para-hydroxylation sites is 1.